The molecule has 0 unspecified atom stereocenters. The van der Waals surface area contributed by atoms with Crippen molar-refractivity contribution in [2.24, 2.45) is 0 Å². The van der Waals surface area contributed by atoms with Crippen LogP contribution in [0.25, 0.3) is 0 Å². The van der Waals surface area contributed by atoms with Gasteiger partial charge in [0, 0.05) is 31.5 Å². The van der Waals surface area contributed by atoms with E-state index in [0.717, 1.165) is 23.4 Å². The zero-order valence-electron chi connectivity index (χ0n) is 12.5. The van der Waals surface area contributed by atoms with E-state index in [4.69, 9.17) is 9.84 Å². The van der Waals surface area contributed by atoms with E-state index in [1.807, 2.05) is 42.6 Å². The van der Waals surface area contributed by atoms with Crippen LogP contribution in [-0.4, -0.2) is 22.7 Å². The van der Waals surface area contributed by atoms with E-state index in [1.165, 1.54) is 0 Å². The van der Waals surface area contributed by atoms with Crippen LogP contribution in [0.15, 0.2) is 42.6 Å². The molecule has 1 aromatic heterocycles. The highest BCUT2D eigenvalue weighted by atomic mass is 16.5. The van der Waals surface area contributed by atoms with E-state index in [0.29, 0.717) is 18.3 Å². The van der Waals surface area contributed by atoms with Crippen molar-refractivity contribution in [3.63, 3.8) is 0 Å². The Hall–Kier alpha value is -1.91. The van der Waals surface area contributed by atoms with Crippen LogP contribution in [0.1, 0.15) is 25.0 Å². The summed E-state index contributed by atoms with van der Waals surface area (Å²) in [5.41, 5.74) is 2.22. The quantitative estimate of drug-likeness (QED) is 0.821. The molecule has 0 fully saturated rings. The fourth-order valence-corrected chi connectivity index (χ4v) is 1.87. The number of nitrogens with zero attached hydrogens (tertiary/aromatic N) is 1. The molecule has 112 valence electrons. The lowest BCUT2D eigenvalue weighted by molar-refractivity contribution is 0.299. The van der Waals surface area contributed by atoms with Crippen molar-refractivity contribution in [2.45, 2.75) is 32.9 Å². The second kappa shape index (κ2) is 7.76. The number of nitrogens with one attached hydrogen (secondary N) is 1. The zero-order valence-corrected chi connectivity index (χ0v) is 12.5. The lowest BCUT2D eigenvalue weighted by Crippen LogP contribution is -2.21. The van der Waals surface area contributed by atoms with Gasteiger partial charge < -0.3 is 15.2 Å². The first-order valence-corrected chi connectivity index (χ1v) is 7.23. The number of pyridine rings is 1. The topological polar surface area (TPSA) is 54.4 Å². The predicted molar refractivity (Wildman–Crippen MR) is 83.5 cm³/mol. The first kappa shape index (κ1) is 15.5. The summed E-state index contributed by atoms with van der Waals surface area (Å²) in [5.74, 6) is 1.33. The molecule has 21 heavy (non-hydrogen) atoms. The Kier molecular flexibility index (Phi) is 5.72. The van der Waals surface area contributed by atoms with Gasteiger partial charge in [-0.3, -0.25) is 0 Å². The molecule has 0 aliphatic heterocycles. The third-order valence-corrected chi connectivity index (χ3v) is 3.06. The van der Waals surface area contributed by atoms with Gasteiger partial charge in [0.15, 0.2) is 0 Å². The molecule has 0 aliphatic carbocycles. The minimum atomic E-state index is 0.160. The minimum Gasteiger partial charge on any atom is -0.439 e. The monoisotopic (exact) mass is 286 g/mol. The van der Waals surface area contributed by atoms with Crippen molar-refractivity contribution in [1.82, 2.24) is 10.3 Å². The van der Waals surface area contributed by atoms with E-state index >= 15 is 0 Å². The third kappa shape index (κ3) is 5.17. The molecule has 4 heteroatoms. The Balaban J connectivity index is 1.93. The Morgan fingerprint density at radius 2 is 1.81 bits per heavy atom. The van der Waals surface area contributed by atoms with Gasteiger partial charge in [-0.1, -0.05) is 32.0 Å². The Morgan fingerprint density at radius 3 is 2.38 bits per heavy atom. The highest BCUT2D eigenvalue weighted by Gasteiger charge is 2.01. The van der Waals surface area contributed by atoms with Crippen LogP contribution in [0, 0.1) is 0 Å². The molecule has 0 bridgehead atoms. The molecule has 2 aromatic rings. The number of rotatable bonds is 7. The summed E-state index contributed by atoms with van der Waals surface area (Å²) < 4.78 is 5.70. The number of aliphatic hydroxyl groups excluding tert-OH is 1. The average molecular weight is 286 g/mol. The van der Waals surface area contributed by atoms with Crippen molar-refractivity contribution in [2.75, 3.05) is 6.61 Å². The van der Waals surface area contributed by atoms with Crippen molar-refractivity contribution in [3.8, 4) is 11.6 Å². The number of aliphatic hydroxyl groups is 1. The molecule has 0 amide bonds. The fourth-order valence-electron chi connectivity index (χ4n) is 1.87. The predicted octanol–water partition coefficient (Wildman–Crippen LogP) is 2.91. The van der Waals surface area contributed by atoms with E-state index in [2.05, 4.69) is 24.1 Å². The van der Waals surface area contributed by atoms with Gasteiger partial charge in [-0.15, -0.1) is 0 Å². The van der Waals surface area contributed by atoms with Crippen molar-refractivity contribution in [1.29, 1.82) is 0 Å². The molecule has 4 nitrogen and oxygen atoms in total. The summed E-state index contributed by atoms with van der Waals surface area (Å²) in [6.45, 7) is 5.20. The van der Waals surface area contributed by atoms with E-state index in [9.17, 15) is 0 Å². The summed E-state index contributed by atoms with van der Waals surface area (Å²) in [5, 5.41) is 12.2. The SMILES string of the molecule is CC(C)NCc1ccc(Oc2ccc(CCO)cc2)nc1. The average Bonchev–Trinajstić information content (AvgIpc) is 2.49. The molecule has 0 saturated heterocycles. The van der Waals surface area contributed by atoms with Crippen molar-refractivity contribution >= 4 is 0 Å². The standard InChI is InChI=1S/C17H22N2O2/c1-13(2)18-11-15-5-8-17(19-12-15)21-16-6-3-14(4-7-16)9-10-20/h3-8,12-13,18,20H,9-11H2,1-2H3. The van der Waals surface area contributed by atoms with Gasteiger partial charge in [-0.25, -0.2) is 4.98 Å². The van der Waals surface area contributed by atoms with Crippen molar-refractivity contribution in [3.05, 3.63) is 53.7 Å². The molecule has 0 radical (unpaired) electrons. The van der Waals surface area contributed by atoms with Crippen LogP contribution in [0.3, 0.4) is 0 Å². The molecule has 1 aromatic carbocycles. The molecule has 1 heterocycles. The summed E-state index contributed by atoms with van der Waals surface area (Å²) >= 11 is 0. The van der Waals surface area contributed by atoms with Gasteiger partial charge in [0.2, 0.25) is 5.88 Å². The molecule has 2 N–H and O–H groups in total. The maximum absolute atomic E-state index is 8.88. The highest BCUT2D eigenvalue weighted by Crippen LogP contribution is 2.20. The Morgan fingerprint density at radius 1 is 1.10 bits per heavy atom. The van der Waals surface area contributed by atoms with Gasteiger partial charge in [-0.05, 0) is 29.7 Å². The number of ether oxygens (including phenoxy) is 1. The fraction of sp³-hybridized carbons (Fsp3) is 0.353. The molecule has 0 saturated carbocycles. The second-order valence-electron chi connectivity index (χ2n) is 5.26. The summed E-state index contributed by atoms with van der Waals surface area (Å²) in [7, 11) is 0. The highest BCUT2D eigenvalue weighted by molar-refractivity contribution is 5.31. The maximum Gasteiger partial charge on any atom is 0.219 e. The number of benzene rings is 1. The third-order valence-electron chi connectivity index (χ3n) is 3.06. The molecule has 0 spiro atoms. The Labute approximate surface area is 125 Å². The minimum absolute atomic E-state index is 0.160. The molecule has 2 rings (SSSR count). The van der Waals surface area contributed by atoms with Gasteiger partial charge in [0.25, 0.3) is 0 Å². The lowest BCUT2D eigenvalue weighted by atomic mass is 10.1. The van der Waals surface area contributed by atoms with Crippen LogP contribution in [-0.2, 0) is 13.0 Å². The largest absolute Gasteiger partial charge is 0.439 e. The van der Waals surface area contributed by atoms with E-state index in [1.54, 1.807) is 0 Å². The van der Waals surface area contributed by atoms with E-state index < -0.39 is 0 Å². The second-order valence-corrected chi connectivity index (χ2v) is 5.26. The summed E-state index contributed by atoms with van der Waals surface area (Å²) in [6.07, 6.45) is 2.49. The molecule has 0 aliphatic rings. The van der Waals surface area contributed by atoms with Crippen LogP contribution in [0.5, 0.6) is 11.6 Å². The Bertz CT molecular complexity index is 536. The van der Waals surface area contributed by atoms with E-state index in [-0.39, 0.29) is 6.61 Å². The number of aromatic nitrogens is 1. The van der Waals surface area contributed by atoms with Crippen LogP contribution in [0.4, 0.5) is 0 Å². The smallest absolute Gasteiger partial charge is 0.219 e. The molecular weight excluding hydrogens is 264 g/mol. The molecule has 0 atom stereocenters. The van der Waals surface area contributed by atoms with Gasteiger partial charge >= 0.3 is 0 Å². The van der Waals surface area contributed by atoms with Gasteiger partial charge in [0.05, 0.1) is 0 Å². The van der Waals surface area contributed by atoms with Crippen LogP contribution < -0.4 is 10.1 Å². The first-order valence-electron chi connectivity index (χ1n) is 7.23. The van der Waals surface area contributed by atoms with Crippen molar-refractivity contribution < 1.29 is 9.84 Å². The lowest BCUT2D eigenvalue weighted by Gasteiger charge is -2.09. The van der Waals surface area contributed by atoms with Gasteiger partial charge in [0.1, 0.15) is 5.75 Å². The van der Waals surface area contributed by atoms with Gasteiger partial charge in [-0.2, -0.15) is 0 Å². The summed E-state index contributed by atoms with van der Waals surface area (Å²) in [6, 6.07) is 12.0. The number of hydrogen-bond acceptors (Lipinski definition) is 4. The molecular formula is C17H22N2O2. The first-order chi connectivity index (χ1) is 10.2. The maximum atomic E-state index is 8.88. The van der Waals surface area contributed by atoms with Crippen LogP contribution in [0.2, 0.25) is 0 Å². The van der Waals surface area contributed by atoms with Crippen LogP contribution >= 0.6 is 0 Å². The normalized spacial score (nSPS) is 10.9. The zero-order chi connectivity index (χ0) is 15.1. The summed E-state index contributed by atoms with van der Waals surface area (Å²) in [4.78, 5) is 4.31. The number of hydrogen-bond donors (Lipinski definition) is 2.